The Morgan fingerprint density at radius 2 is 1.81 bits per heavy atom. The summed E-state index contributed by atoms with van der Waals surface area (Å²) in [6.07, 6.45) is 4.06. The molecule has 1 aromatic carbocycles. The van der Waals surface area contributed by atoms with Gasteiger partial charge in [-0.3, -0.25) is 4.57 Å². The van der Waals surface area contributed by atoms with Crippen LogP contribution in [0.2, 0.25) is 0 Å². The molecular formula is C12H16BrO2P. The second-order valence-corrected chi connectivity index (χ2v) is 7.93. The van der Waals surface area contributed by atoms with Crippen molar-refractivity contribution in [3.05, 3.63) is 30.3 Å². The van der Waals surface area contributed by atoms with E-state index in [2.05, 4.69) is 15.9 Å². The van der Waals surface area contributed by atoms with Crippen LogP contribution in [0.15, 0.2) is 30.3 Å². The normalized spacial score (nSPS) is 29.6. The van der Waals surface area contributed by atoms with Gasteiger partial charge in [0.25, 0.3) is 0 Å². The lowest BCUT2D eigenvalue weighted by Crippen LogP contribution is -2.29. The predicted octanol–water partition coefficient (Wildman–Crippen LogP) is 3.29. The van der Waals surface area contributed by atoms with Crippen molar-refractivity contribution in [2.24, 2.45) is 0 Å². The van der Waals surface area contributed by atoms with Gasteiger partial charge in [-0.15, -0.1) is 0 Å². The molecule has 16 heavy (non-hydrogen) atoms. The van der Waals surface area contributed by atoms with E-state index in [1.807, 2.05) is 18.2 Å². The Kier molecular flexibility index (Phi) is 3.89. The van der Waals surface area contributed by atoms with Crippen molar-refractivity contribution >= 4 is 28.6 Å². The van der Waals surface area contributed by atoms with Crippen molar-refractivity contribution in [1.29, 1.82) is 0 Å². The largest absolute Gasteiger partial charge is 0.341 e. The summed E-state index contributed by atoms with van der Waals surface area (Å²) < 4.78 is 12.5. The Balaban J connectivity index is 2.27. The van der Waals surface area contributed by atoms with Gasteiger partial charge in [-0.2, -0.15) is 0 Å². The maximum Gasteiger partial charge on any atom is 0.233 e. The average Bonchev–Trinajstić information content (AvgIpc) is 2.30. The number of benzene rings is 1. The molecule has 1 unspecified atom stereocenters. The van der Waals surface area contributed by atoms with Crippen LogP contribution in [0.25, 0.3) is 0 Å². The van der Waals surface area contributed by atoms with Gasteiger partial charge in [0.15, 0.2) is 0 Å². The highest BCUT2D eigenvalue weighted by molar-refractivity contribution is 9.09. The van der Waals surface area contributed by atoms with Crippen LogP contribution < -0.4 is 5.30 Å². The molecule has 0 saturated heterocycles. The molecule has 2 rings (SSSR count). The Morgan fingerprint density at radius 3 is 2.44 bits per heavy atom. The van der Waals surface area contributed by atoms with Gasteiger partial charge < -0.3 is 4.89 Å². The quantitative estimate of drug-likeness (QED) is 0.672. The third-order valence-electron chi connectivity index (χ3n) is 3.22. The molecular weight excluding hydrogens is 287 g/mol. The molecule has 2 nitrogen and oxygen atoms in total. The third-order valence-corrected chi connectivity index (χ3v) is 7.28. The van der Waals surface area contributed by atoms with Crippen LogP contribution in [-0.2, 0) is 4.57 Å². The van der Waals surface area contributed by atoms with Crippen LogP contribution in [0.5, 0.6) is 0 Å². The van der Waals surface area contributed by atoms with Gasteiger partial charge in [-0.05, 0) is 25.0 Å². The molecule has 0 aliphatic heterocycles. The van der Waals surface area contributed by atoms with Crippen LogP contribution in [0, 0.1) is 0 Å². The van der Waals surface area contributed by atoms with Crippen molar-refractivity contribution in [3.8, 4) is 0 Å². The Hall–Kier alpha value is -0.110. The molecule has 0 bridgehead atoms. The number of hydrogen-bond acceptors (Lipinski definition) is 1. The van der Waals surface area contributed by atoms with Gasteiger partial charge in [0, 0.05) is 10.1 Å². The first-order valence-electron chi connectivity index (χ1n) is 5.64. The fraction of sp³-hybridized carbons (Fsp3) is 0.500. The van der Waals surface area contributed by atoms with Crippen LogP contribution in [-0.4, -0.2) is 15.4 Å². The fourth-order valence-corrected chi connectivity index (χ4v) is 5.95. The van der Waals surface area contributed by atoms with Crippen molar-refractivity contribution in [3.63, 3.8) is 0 Å². The lowest BCUT2D eigenvalue weighted by Gasteiger charge is -2.31. The maximum absolute atomic E-state index is 12.5. The van der Waals surface area contributed by atoms with E-state index >= 15 is 0 Å². The van der Waals surface area contributed by atoms with Crippen molar-refractivity contribution < 1.29 is 9.46 Å². The molecule has 1 aliphatic rings. The highest BCUT2D eigenvalue weighted by Crippen LogP contribution is 2.52. The van der Waals surface area contributed by atoms with Crippen molar-refractivity contribution in [2.45, 2.75) is 36.2 Å². The summed E-state index contributed by atoms with van der Waals surface area (Å²) in [6.45, 7) is 0. The zero-order valence-corrected chi connectivity index (χ0v) is 11.5. The molecule has 88 valence electrons. The number of rotatable bonds is 2. The average molecular weight is 303 g/mol. The monoisotopic (exact) mass is 302 g/mol. The molecule has 1 fully saturated rings. The first-order valence-corrected chi connectivity index (χ1v) is 8.29. The molecule has 0 amide bonds. The standard InChI is InChI=1S/C12H16BrO2P/c13-11-8-4-5-9-12(11)16(14,15)10-6-2-1-3-7-10/h1-3,6-7,11-12H,4-5,8-9H2,(H,14,15)/t11-,12-/m0/s1. The van der Waals surface area contributed by atoms with E-state index < -0.39 is 7.37 Å². The molecule has 0 radical (unpaired) electrons. The van der Waals surface area contributed by atoms with E-state index in [1.165, 1.54) is 0 Å². The van der Waals surface area contributed by atoms with Gasteiger partial charge >= 0.3 is 0 Å². The molecule has 4 heteroatoms. The van der Waals surface area contributed by atoms with Gasteiger partial charge in [-0.1, -0.05) is 47.0 Å². The molecule has 1 N–H and O–H groups in total. The topological polar surface area (TPSA) is 37.3 Å². The molecule has 3 atom stereocenters. The minimum absolute atomic E-state index is 0.122. The summed E-state index contributed by atoms with van der Waals surface area (Å²) in [4.78, 5) is 10.5. The Labute approximate surface area is 105 Å². The molecule has 0 heterocycles. The van der Waals surface area contributed by atoms with Gasteiger partial charge in [0.1, 0.15) is 0 Å². The zero-order valence-electron chi connectivity index (χ0n) is 9.05. The minimum Gasteiger partial charge on any atom is -0.341 e. The number of halogens is 1. The molecule has 1 saturated carbocycles. The molecule has 0 spiro atoms. The Morgan fingerprint density at radius 1 is 1.19 bits per heavy atom. The van der Waals surface area contributed by atoms with Gasteiger partial charge in [0.2, 0.25) is 7.37 Å². The lowest BCUT2D eigenvalue weighted by atomic mass is 10.0. The summed E-state index contributed by atoms with van der Waals surface area (Å²) in [6, 6.07) is 9.04. The summed E-state index contributed by atoms with van der Waals surface area (Å²) in [5.41, 5.74) is -0.122. The van der Waals surface area contributed by atoms with Crippen LogP contribution in [0.3, 0.4) is 0 Å². The van der Waals surface area contributed by atoms with E-state index in [0.29, 0.717) is 5.30 Å². The van der Waals surface area contributed by atoms with Crippen LogP contribution in [0.4, 0.5) is 0 Å². The third kappa shape index (κ3) is 2.42. The zero-order chi connectivity index (χ0) is 11.6. The van der Waals surface area contributed by atoms with E-state index in [4.69, 9.17) is 0 Å². The number of hydrogen-bond donors (Lipinski definition) is 1. The summed E-state index contributed by atoms with van der Waals surface area (Å²) in [5.74, 6) is 0. The lowest BCUT2D eigenvalue weighted by molar-refractivity contribution is 0.439. The summed E-state index contributed by atoms with van der Waals surface area (Å²) in [5, 5.41) is 0.589. The molecule has 0 aromatic heterocycles. The Bertz CT molecular complexity index is 393. The first kappa shape index (κ1) is 12.3. The maximum atomic E-state index is 12.5. The molecule has 1 aliphatic carbocycles. The SMILES string of the molecule is O=P(O)(c1ccccc1)[C@H]1CCCC[C@@H]1Br. The summed E-state index contributed by atoms with van der Waals surface area (Å²) in [7, 11) is -3.22. The van der Waals surface area contributed by atoms with Crippen molar-refractivity contribution in [1.82, 2.24) is 0 Å². The van der Waals surface area contributed by atoms with E-state index in [0.717, 1.165) is 25.7 Å². The van der Waals surface area contributed by atoms with Gasteiger partial charge in [0.05, 0.1) is 5.66 Å². The van der Waals surface area contributed by atoms with Crippen molar-refractivity contribution in [2.75, 3.05) is 0 Å². The minimum atomic E-state index is -3.22. The highest BCUT2D eigenvalue weighted by Gasteiger charge is 2.38. The second kappa shape index (κ2) is 5.03. The van der Waals surface area contributed by atoms with Crippen LogP contribution in [0.1, 0.15) is 25.7 Å². The first-order chi connectivity index (χ1) is 7.62. The van der Waals surface area contributed by atoms with Gasteiger partial charge in [-0.25, -0.2) is 0 Å². The van der Waals surface area contributed by atoms with E-state index in [1.54, 1.807) is 12.1 Å². The van der Waals surface area contributed by atoms with E-state index in [-0.39, 0.29) is 10.5 Å². The summed E-state index contributed by atoms with van der Waals surface area (Å²) >= 11 is 3.56. The highest BCUT2D eigenvalue weighted by atomic mass is 79.9. The van der Waals surface area contributed by atoms with E-state index in [9.17, 15) is 9.46 Å². The number of alkyl halides is 1. The fourth-order valence-electron chi connectivity index (χ4n) is 2.29. The van der Waals surface area contributed by atoms with Crippen LogP contribution >= 0.6 is 23.3 Å². The predicted molar refractivity (Wildman–Crippen MR) is 70.9 cm³/mol. The second-order valence-electron chi connectivity index (χ2n) is 4.33. The molecule has 1 aromatic rings. The smallest absolute Gasteiger partial charge is 0.233 e.